The van der Waals surface area contributed by atoms with Gasteiger partial charge in [0, 0.05) is 37.1 Å². The second-order valence-electron chi connectivity index (χ2n) is 5.37. The zero-order valence-corrected chi connectivity index (χ0v) is 13.6. The highest BCUT2D eigenvalue weighted by Gasteiger charge is 2.06. The molecule has 3 aromatic rings. The van der Waals surface area contributed by atoms with E-state index in [-0.39, 0.29) is 5.91 Å². The van der Waals surface area contributed by atoms with Gasteiger partial charge in [0.2, 0.25) is 0 Å². The number of nitrogens with zero attached hydrogens (tertiary/aromatic N) is 3. The van der Waals surface area contributed by atoms with E-state index in [9.17, 15) is 4.79 Å². The fourth-order valence-corrected chi connectivity index (χ4v) is 2.28. The van der Waals surface area contributed by atoms with Crippen LogP contribution in [0.15, 0.2) is 55.0 Å². The minimum atomic E-state index is -0.131. The maximum atomic E-state index is 12.1. The Kier molecular flexibility index (Phi) is 4.56. The van der Waals surface area contributed by atoms with Crippen LogP contribution in [0.1, 0.15) is 15.9 Å². The summed E-state index contributed by atoms with van der Waals surface area (Å²) in [6.07, 6.45) is 5.44. The fraction of sp³-hybridized carbons (Fsp3) is 0.167. The van der Waals surface area contributed by atoms with Crippen LogP contribution in [0.4, 0.5) is 0 Å². The van der Waals surface area contributed by atoms with Crippen LogP contribution in [0.2, 0.25) is 0 Å². The monoisotopic (exact) mass is 322 g/mol. The number of carbonyl (C=O) groups is 1. The minimum absolute atomic E-state index is 0.131. The summed E-state index contributed by atoms with van der Waals surface area (Å²) in [6, 6.07) is 10.9. The van der Waals surface area contributed by atoms with Gasteiger partial charge in [-0.3, -0.25) is 14.5 Å². The van der Waals surface area contributed by atoms with Crippen molar-refractivity contribution in [2.75, 3.05) is 7.11 Å². The van der Waals surface area contributed by atoms with Gasteiger partial charge in [-0.25, -0.2) is 0 Å². The van der Waals surface area contributed by atoms with Gasteiger partial charge in [0.15, 0.2) is 0 Å². The maximum Gasteiger partial charge on any atom is 0.251 e. The van der Waals surface area contributed by atoms with Gasteiger partial charge in [0.05, 0.1) is 19.0 Å². The first kappa shape index (κ1) is 15.7. The van der Waals surface area contributed by atoms with Crippen molar-refractivity contribution in [3.8, 4) is 17.0 Å². The van der Waals surface area contributed by atoms with Gasteiger partial charge >= 0.3 is 0 Å². The number of amides is 1. The average molecular weight is 322 g/mol. The Morgan fingerprint density at radius 3 is 2.54 bits per heavy atom. The number of rotatable bonds is 5. The Hall–Kier alpha value is -3.15. The summed E-state index contributed by atoms with van der Waals surface area (Å²) in [5, 5.41) is 7.01. The van der Waals surface area contributed by atoms with E-state index in [1.165, 1.54) is 0 Å². The van der Waals surface area contributed by atoms with E-state index in [0.717, 1.165) is 22.6 Å². The minimum Gasteiger partial charge on any atom is -0.497 e. The Morgan fingerprint density at radius 1 is 1.17 bits per heavy atom. The molecule has 24 heavy (non-hydrogen) atoms. The van der Waals surface area contributed by atoms with E-state index in [2.05, 4.69) is 15.4 Å². The topological polar surface area (TPSA) is 69.0 Å². The first-order valence-corrected chi connectivity index (χ1v) is 7.52. The third kappa shape index (κ3) is 3.60. The zero-order chi connectivity index (χ0) is 16.9. The average Bonchev–Trinajstić information content (AvgIpc) is 3.06. The lowest BCUT2D eigenvalue weighted by Gasteiger charge is -2.06. The molecule has 6 heteroatoms. The molecule has 0 aliphatic carbocycles. The lowest BCUT2D eigenvalue weighted by atomic mass is 10.2. The van der Waals surface area contributed by atoms with Crippen LogP contribution in [-0.2, 0) is 13.6 Å². The van der Waals surface area contributed by atoms with Crippen molar-refractivity contribution in [3.05, 3.63) is 66.1 Å². The van der Waals surface area contributed by atoms with Crippen molar-refractivity contribution >= 4 is 5.91 Å². The standard InChI is InChI=1S/C18H18N4O2/c1-22-12-15(11-21-22)17-8-3-13(9-19-17)10-20-18(23)14-4-6-16(24-2)7-5-14/h3-9,11-12H,10H2,1-2H3,(H,20,23). The number of carbonyl (C=O) groups excluding carboxylic acids is 1. The molecule has 2 aromatic heterocycles. The van der Waals surface area contributed by atoms with Crippen molar-refractivity contribution in [2.45, 2.75) is 6.54 Å². The molecule has 0 aliphatic heterocycles. The summed E-state index contributed by atoms with van der Waals surface area (Å²) in [5.74, 6) is 0.593. The number of pyridine rings is 1. The van der Waals surface area contributed by atoms with Gasteiger partial charge < -0.3 is 10.1 Å². The van der Waals surface area contributed by atoms with Crippen molar-refractivity contribution in [1.82, 2.24) is 20.1 Å². The lowest BCUT2D eigenvalue weighted by Crippen LogP contribution is -2.22. The van der Waals surface area contributed by atoms with Crippen LogP contribution >= 0.6 is 0 Å². The van der Waals surface area contributed by atoms with Crippen LogP contribution in [0.5, 0.6) is 5.75 Å². The molecule has 0 aliphatic rings. The smallest absolute Gasteiger partial charge is 0.251 e. The first-order chi connectivity index (χ1) is 11.7. The molecule has 3 rings (SSSR count). The molecule has 1 amide bonds. The van der Waals surface area contributed by atoms with Crippen molar-refractivity contribution < 1.29 is 9.53 Å². The zero-order valence-electron chi connectivity index (χ0n) is 13.6. The van der Waals surface area contributed by atoms with Gasteiger partial charge in [0.25, 0.3) is 5.91 Å². The van der Waals surface area contributed by atoms with Gasteiger partial charge in [-0.05, 0) is 35.9 Å². The molecule has 0 saturated heterocycles. The Balaban J connectivity index is 1.60. The van der Waals surface area contributed by atoms with E-state index >= 15 is 0 Å². The molecule has 0 atom stereocenters. The number of benzene rings is 1. The molecule has 0 radical (unpaired) electrons. The summed E-state index contributed by atoms with van der Waals surface area (Å²) in [4.78, 5) is 16.5. The third-order valence-corrected chi connectivity index (χ3v) is 3.63. The highest BCUT2D eigenvalue weighted by Crippen LogP contribution is 2.16. The second kappa shape index (κ2) is 6.95. The molecule has 2 heterocycles. The van der Waals surface area contributed by atoms with Crippen molar-refractivity contribution in [3.63, 3.8) is 0 Å². The first-order valence-electron chi connectivity index (χ1n) is 7.52. The Morgan fingerprint density at radius 2 is 1.96 bits per heavy atom. The number of nitrogens with one attached hydrogen (secondary N) is 1. The summed E-state index contributed by atoms with van der Waals surface area (Å²) < 4.78 is 6.82. The molecule has 122 valence electrons. The Bertz CT molecular complexity index is 823. The maximum absolute atomic E-state index is 12.1. The van der Waals surface area contributed by atoms with Gasteiger partial charge in [-0.15, -0.1) is 0 Å². The molecule has 0 fully saturated rings. The SMILES string of the molecule is COc1ccc(C(=O)NCc2ccc(-c3cnn(C)c3)nc2)cc1. The third-order valence-electron chi connectivity index (χ3n) is 3.63. The number of hydrogen-bond donors (Lipinski definition) is 1. The van der Waals surface area contributed by atoms with Gasteiger partial charge in [0.1, 0.15) is 5.75 Å². The molecule has 1 aromatic carbocycles. The van der Waals surface area contributed by atoms with Crippen molar-refractivity contribution in [2.24, 2.45) is 7.05 Å². The number of aryl methyl sites for hydroxylation is 1. The Labute approximate surface area is 140 Å². The lowest BCUT2D eigenvalue weighted by molar-refractivity contribution is 0.0951. The predicted octanol–water partition coefficient (Wildman–Crippen LogP) is 2.42. The van der Waals surface area contributed by atoms with Crippen LogP contribution in [0, 0.1) is 0 Å². The highest BCUT2D eigenvalue weighted by atomic mass is 16.5. The fourth-order valence-electron chi connectivity index (χ4n) is 2.28. The quantitative estimate of drug-likeness (QED) is 0.783. The largest absolute Gasteiger partial charge is 0.497 e. The summed E-state index contributed by atoms with van der Waals surface area (Å²) >= 11 is 0. The molecule has 6 nitrogen and oxygen atoms in total. The summed E-state index contributed by atoms with van der Waals surface area (Å²) in [6.45, 7) is 0.422. The summed E-state index contributed by atoms with van der Waals surface area (Å²) in [5.41, 5.74) is 3.35. The summed E-state index contributed by atoms with van der Waals surface area (Å²) in [7, 11) is 3.46. The molecule has 0 spiro atoms. The van der Waals surface area contributed by atoms with Crippen LogP contribution in [0.3, 0.4) is 0 Å². The van der Waals surface area contributed by atoms with E-state index in [1.54, 1.807) is 48.5 Å². The van der Waals surface area contributed by atoms with Crippen LogP contribution < -0.4 is 10.1 Å². The van der Waals surface area contributed by atoms with E-state index in [4.69, 9.17) is 4.74 Å². The number of methoxy groups -OCH3 is 1. The van der Waals surface area contributed by atoms with E-state index < -0.39 is 0 Å². The van der Waals surface area contributed by atoms with Crippen LogP contribution in [-0.4, -0.2) is 27.8 Å². The van der Waals surface area contributed by atoms with Gasteiger partial charge in [-0.2, -0.15) is 5.10 Å². The molecule has 0 bridgehead atoms. The van der Waals surface area contributed by atoms with E-state index in [1.807, 2.05) is 25.4 Å². The normalized spacial score (nSPS) is 10.4. The number of aromatic nitrogens is 3. The highest BCUT2D eigenvalue weighted by molar-refractivity contribution is 5.94. The predicted molar refractivity (Wildman–Crippen MR) is 90.6 cm³/mol. The second-order valence-corrected chi connectivity index (χ2v) is 5.37. The van der Waals surface area contributed by atoms with E-state index in [0.29, 0.717) is 12.1 Å². The van der Waals surface area contributed by atoms with Crippen molar-refractivity contribution in [1.29, 1.82) is 0 Å². The molecular formula is C18H18N4O2. The molecule has 0 unspecified atom stereocenters. The number of ether oxygens (including phenoxy) is 1. The molecule has 0 saturated carbocycles. The number of hydrogen-bond acceptors (Lipinski definition) is 4. The van der Waals surface area contributed by atoms with Crippen LogP contribution in [0.25, 0.3) is 11.3 Å². The molecular weight excluding hydrogens is 304 g/mol. The molecule has 1 N–H and O–H groups in total. The van der Waals surface area contributed by atoms with Gasteiger partial charge in [-0.1, -0.05) is 6.07 Å².